The van der Waals surface area contributed by atoms with Crippen molar-refractivity contribution in [1.29, 1.82) is 0 Å². The van der Waals surface area contributed by atoms with E-state index < -0.39 is 7.49 Å². The van der Waals surface area contributed by atoms with Crippen LogP contribution < -0.4 is 20.7 Å². The molecular weight excluding hydrogens is 652 g/mol. The quantitative estimate of drug-likeness (QED) is 0.183. The largest absolute Gasteiger partial charge is 0.457 e. The molecule has 1 atom stereocenters. The van der Waals surface area contributed by atoms with Crippen molar-refractivity contribution >= 4 is 29.0 Å². The maximum Gasteiger partial charge on any atom is 0.238 e. The van der Waals surface area contributed by atoms with E-state index in [-0.39, 0.29) is 5.41 Å². The minimum absolute atomic E-state index is 0.390. The molecule has 7 aromatic rings. The molecule has 7 aromatic carbocycles. The zero-order chi connectivity index (χ0) is 34.7. The molecule has 0 radical (unpaired) electrons. The average molecular weight is 688 g/mol. The summed E-state index contributed by atoms with van der Waals surface area (Å²) < 4.78 is 6.81. The standard InChI is InChI=1S/C49H36O2P/c50-52(38-18-3-1-4-19-38,39-20-5-2-6-21-39)40-22-14-17-36(32-40)34-15-13-16-35(31-34)37-29-30-46-48(33-37)51-47-28-12-11-27-45(47)49(46)43-25-9-7-23-41(43)42-24-8-10-26-44(42)49/h1-9,11-25,27-33,50H,10,26H2/q+1. The lowest BCUT2D eigenvalue weighted by atomic mass is 9.64. The Morgan fingerprint density at radius 2 is 1.06 bits per heavy atom. The highest BCUT2D eigenvalue weighted by atomic mass is 31.2. The van der Waals surface area contributed by atoms with Crippen molar-refractivity contribution in [1.82, 2.24) is 0 Å². The number of benzene rings is 7. The summed E-state index contributed by atoms with van der Waals surface area (Å²) in [7, 11) is -2.86. The van der Waals surface area contributed by atoms with Gasteiger partial charge in [0.1, 0.15) is 27.4 Å². The summed E-state index contributed by atoms with van der Waals surface area (Å²) in [6, 6.07) is 61.7. The van der Waals surface area contributed by atoms with Gasteiger partial charge in [-0.1, -0.05) is 133 Å². The maximum absolute atomic E-state index is 12.6. The van der Waals surface area contributed by atoms with E-state index >= 15 is 0 Å². The topological polar surface area (TPSA) is 29.5 Å². The predicted octanol–water partition coefficient (Wildman–Crippen LogP) is 10.8. The van der Waals surface area contributed by atoms with Gasteiger partial charge < -0.3 is 4.74 Å². The van der Waals surface area contributed by atoms with Crippen LogP contribution in [-0.4, -0.2) is 4.89 Å². The molecule has 0 aromatic heterocycles. The molecule has 0 amide bonds. The monoisotopic (exact) mass is 687 g/mol. The number of hydrogen-bond donors (Lipinski definition) is 1. The molecule has 1 unspecified atom stereocenters. The second-order valence-corrected chi connectivity index (χ2v) is 16.7. The molecule has 0 saturated carbocycles. The Balaban J connectivity index is 1.08. The van der Waals surface area contributed by atoms with Gasteiger partial charge in [-0.05, 0) is 112 Å². The molecule has 0 bridgehead atoms. The summed E-state index contributed by atoms with van der Waals surface area (Å²) in [5.41, 5.74) is 11.9. The Morgan fingerprint density at radius 1 is 0.481 bits per heavy atom. The first-order valence-corrected chi connectivity index (χ1v) is 19.8. The molecule has 2 nitrogen and oxygen atoms in total. The number of ether oxygens (including phenoxy) is 1. The van der Waals surface area contributed by atoms with E-state index in [1.54, 1.807) is 0 Å². The lowest BCUT2D eigenvalue weighted by Gasteiger charge is -2.41. The highest BCUT2D eigenvalue weighted by molar-refractivity contribution is 7.91. The summed E-state index contributed by atoms with van der Waals surface area (Å²) in [6.45, 7) is 0. The third-order valence-corrected chi connectivity index (χ3v) is 14.3. The van der Waals surface area contributed by atoms with E-state index in [0.29, 0.717) is 0 Å². The zero-order valence-corrected chi connectivity index (χ0v) is 29.5. The van der Waals surface area contributed by atoms with Gasteiger partial charge in [0.15, 0.2) is 0 Å². The van der Waals surface area contributed by atoms with Crippen molar-refractivity contribution < 1.29 is 9.63 Å². The molecule has 2 aliphatic carbocycles. The third-order valence-electron chi connectivity index (χ3n) is 11.1. The van der Waals surface area contributed by atoms with Gasteiger partial charge >= 0.3 is 0 Å². The van der Waals surface area contributed by atoms with Crippen LogP contribution in [0, 0.1) is 0 Å². The fourth-order valence-corrected chi connectivity index (χ4v) is 11.6. The second kappa shape index (κ2) is 12.2. The Kier molecular flexibility index (Phi) is 7.25. The highest BCUT2D eigenvalue weighted by Crippen LogP contribution is 2.63. The molecule has 1 N–H and O–H groups in total. The van der Waals surface area contributed by atoms with Crippen LogP contribution in [0.2, 0.25) is 0 Å². The van der Waals surface area contributed by atoms with Gasteiger partial charge in [-0.25, -0.2) is 4.89 Å². The van der Waals surface area contributed by atoms with Gasteiger partial charge in [-0.15, -0.1) is 0 Å². The molecular formula is C49H36O2P+. The van der Waals surface area contributed by atoms with E-state index in [9.17, 15) is 4.89 Å². The number of para-hydroxylation sites is 1. The summed E-state index contributed by atoms with van der Waals surface area (Å²) in [5, 5.41) is 2.82. The number of rotatable bonds is 5. The fourth-order valence-electron chi connectivity index (χ4n) is 8.85. The van der Waals surface area contributed by atoms with Crippen LogP contribution in [0.25, 0.3) is 27.8 Å². The minimum Gasteiger partial charge on any atom is -0.457 e. The first kappa shape index (κ1) is 31.0. The van der Waals surface area contributed by atoms with Crippen LogP contribution in [0.3, 0.4) is 0 Å². The number of allylic oxidation sites excluding steroid dienone is 4. The summed E-state index contributed by atoms with van der Waals surface area (Å²) in [4.78, 5) is 12.6. The van der Waals surface area contributed by atoms with E-state index in [2.05, 4.69) is 127 Å². The fraction of sp³-hybridized carbons (Fsp3) is 0.0612. The zero-order valence-electron chi connectivity index (χ0n) is 28.6. The van der Waals surface area contributed by atoms with E-state index in [0.717, 1.165) is 62.5 Å². The molecule has 0 fully saturated rings. The van der Waals surface area contributed by atoms with Gasteiger partial charge in [-0.3, -0.25) is 0 Å². The third kappa shape index (κ3) is 4.58. The first-order chi connectivity index (χ1) is 25.7. The van der Waals surface area contributed by atoms with Crippen molar-refractivity contribution in [2.75, 3.05) is 0 Å². The first-order valence-electron chi connectivity index (χ1n) is 18.0. The normalized spacial score (nSPS) is 16.9. The SMILES string of the molecule is O[P+](c1ccccc1)(c1ccccc1)c1cccc(-c2cccc(-c3ccc4c(c3)Oc3ccccc3C43C4=C(C=CCC4)c4ccccc43)c2)c1. The lowest BCUT2D eigenvalue weighted by molar-refractivity contribution is 0.432. The Bertz CT molecular complexity index is 2530. The summed E-state index contributed by atoms with van der Waals surface area (Å²) in [5.74, 6) is 1.82. The second-order valence-electron chi connectivity index (χ2n) is 13.9. The van der Waals surface area contributed by atoms with Gasteiger partial charge in [-0.2, -0.15) is 0 Å². The molecule has 1 spiro atoms. The van der Waals surface area contributed by atoms with Crippen molar-refractivity contribution in [2.45, 2.75) is 18.3 Å². The van der Waals surface area contributed by atoms with Gasteiger partial charge in [0.25, 0.3) is 0 Å². The molecule has 10 rings (SSSR count). The smallest absolute Gasteiger partial charge is 0.238 e. The van der Waals surface area contributed by atoms with E-state index in [1.165, 1.54) is 33.4 Å². The van der Waals surface area contributed by atoms with Crippen molar-refractivity contribution in [3.63, 3.8) is 0 Å². The molecule has 1 aliphatic heterocycles. The van der Waals surface area contributed by atoms with Crippen LogP contribution in [-0.2, 0) is 5.41 Å². The maximum atomic E-state index is 12.6. The van der Waals surface area contributed by atoms with Crippen LogP contribution >= 0.6 is 7.49 Å². The Morgan fingerprint density at radius 3 is 1.81 bits per heavy atom. The average Bonchev–Trinajstić information content (AvgIpc) is 3.52. The summed E-state index contributed by atoms with van der Waals surface area (Å²) >= 11 is 0. The number of hydrogen-bond acceptors (Lipinski definition) is 2. The lowest BCUT2D eigenvalue weighted by Crippen LogP contribution is -2.33. The van der Waals surface area contributed by atoms with Gasteiger partial charge in [0.05, 0.1) is 5.41 Å². The molecule has 1 heterocycles. The Labute approximate surface area is 305 Å². The molecule has 3 heteroatoms. The number of fused-ring (bicyclic) bond motifs is 8. The van der Waals surface area contributed by atoms with Crippen LogP contribution in [0.1, 0.15) is 35.1 Å². The predicted molar refractivity (Wildman–Crippen MR) is 216 cm³/mol. The molecule has 3 aliphatic rings. The van der Waals surface area contributed by atoms with Crippen molar-refractivity contribution in [3.8, 4) is 33.8 Å². The van der Waals surface area contributed by atoms with Crippen molar-refractivity contribution in [2.24, 2.45) is 0 Å². The molecule has 52 heavy (non-hydrogen) atoms. The van der Waals surface area contributed by atoms with Crippen LogP contribution in [0.5, 0.6) is 11.5 Å². The van der Waals surface area contributed by atoms with Gasteiger partial charge in [0, 0.05) is 11.1 Å². The van der Waals surface area contributed by atoms with E-state index in [4.69, 9.17) is 4.74 Å². The summed E-state index contributed by atoms with van der Waals surface area (Å²) in [6.07, 6.45) is 6.71. The minimum atomic E-state index is -2.86. The van der Waals surface area contributed by atoms with Crippen LogP contribution in [0.15, 0.2) is 194 Å². The molecule has 248 valence electrons. The molecule has 0 saturated heterocycles. The van der Waals surface area contributed by atoms with E-state index in [1.807, 2.05) is 60.7 Å². The Hall–Kier alpha value is -5.79. The van der Waals surface area contributed by atoms with Gasteiger partial charge in [0.2, 0.25) is 7.49 Å². The highest BCUT2D eigenvalue weighted by Gasteiger charge is 2.52. The van der Waals surface area contributed by atoms with Crippen molar-refractivity contribution in [3.05, 3.63) is 216 Å². The van der Waals surface area contributed by atoms with Crippen LogP contribution in [0.4, 0.5) is 0 Å².